The molecule has 2 rings (SSSR count). The zero-order valence-corrected chi connectivity index (χ0v) is 14.6. The van der Waals surface area contributed by atoms with E-state index in [1.165, 1.54) is 12.8 Å². The van der Waals surface area contributed by atoms with Crippen molar-refractivity contribution in [2.45, 2.75) is 65.9 Å². The molecular weight excluding hydrogens is 272 g/mol. The first-order chi connectivity index (χ1) is 10.4. The van der Waals surface area contributed by atoms with Crippen LogP contribution in [0.15, 0.2) is 24.3 Å². The second kappa shape index (κ2) is 7.30. The average Bonchev–Trinajstić information content (AvgIpc) is 2.46. The number of rotatable bonds is 4. The van der Waals surface area contributed by atoms with E-state index in [0.717, 1.165) is 17.5 Å². The largest absolute Gasteiger partial charge is 0.458 e. The molecule has 3 atom stereocenters. The van der Waals surface area contributed by atoms with Crippen molar-refractivity contribution >= 4 is 5.97 Å². The predicted molar refractivity (Wildman–Crippen MR) is 91.1 cm³/mol. The Kier molecular flexibility index (Phi) is 5.66. The number of hydrogen-bond donors (Lipinski definition) is 0. The van der Waals surface area contributed by atoms with Crippen molar-refractivity contribution in [3.05, 3.63) is 35.4 Å². The summed E-state index contributed by atoms with van der Waals surface area (Å²) in [4.78, 5) is 12.7. The summed E-state index contributed by atoms with van der Waals surface area (Å²) in [6.07, 6.45) is 3.48. The average molecular weight is 302 g/mol. The van der Waals surface area contributed by atoms with Gasteiger partial charge >= 0.3 is 5.97 Å². The van der Waals surface area contributed by atoms with Gasteiger partial charge in [-0.3, -0.25) is 0 Å². The van der Waals surface area contributed by atoms with Gasteiger partial charge in [0, 0.05) is 0 Å². The minimum absolute atomic E-state index is 0.0662. The highest BCUT2D eigenvalue weighted by Crippen LogP contribution is 2.36. The van der Waals surface area contributed by atoms with Gasteiger partial charge in [-0.1, -0.05) is 59.2 Å². The number of carbonyl (C=O) groups excluding carboxylic acids is 1. The fourth-order valence-corrected chi connectivity index (χ4v) is 3.64. The molecule has 122 valence electrons. The summed E-state index contributed by atoms with van der Waals surface area (Å²) in [5.41, 5.74) is 1.82. The first-order valence-corrected chi connectivity index (χ1v) is 8.70. The minimum atomic E-state index is -0.144. The number of benzene rings is 1. The molecule has 1 saturated carbocycles. The molecule has 1 fully saturated rings. The van der Waals surface area contributed by atoms with Crippen molar-refractivity contribution in [2.75, 3.05) is 0 Å². The lowest BCUT2D eigenvalue weighted by atomic mass is 9.75. The molecule has 1 aliphatic carbocycles. The minimum Gasteiger partial charge on any atom is -0.458 e. The van der Waals surface area contributed by atoms with E-state index in [0.29, 0.717) is 23.7 Å². The van der Waals surface area contributed by atoms with Crippen molar-refractivity contribution < 1.29 is 9.53 Å². The van der Waals surface area contributed by atoms with Gasteiger partial charge in [-0.25, -0.2) is 4.79 Å². The van der Waals surface area contributed by atoms with E-state index in [4.69, 9.17) is 4.74 Å². The van der Waals surface area contributed by atoms with E-state index < -0.39 is 0 Å². The molecule has 0 amide bonds. The summed E-state index contributed by atoms with van der Waals surface area (Å²) in [6.45, 7) is 11.0. The maximum Gasteiger partial charge on any atom is 0.338 e. The molecule has 0 heterocycles. The summed E-state index contributed by atoms with van der Waals surface area (Å²) < 4.78 is 5.97. The smallest absolute Gasteiger partial charge is 0.338 e. The quantitative estimate of drug-likeness (QED) is 0.693. The van der Waals surface area contributed by atoms with E-state index in [1.54, 1.807) is 0 Å². The van der Waals surface area contributed by atoms with Crippen LogP contribution in [0.1, 0.15) is 75.7 Å². The van der Waals surface area contributed by atoms with Gasteiger partial charge < -0.3 is 4.74 Å². The lowest BCUT2D eigenvalue weighted by Crippen LogP contribution is -2.36. The Labute approximate surface area is 135 Å². The molecule has 0 saturated heterocycles. The third-order valence-electron chi connectivity index (χ3n) is 5.02. The van der Waals surface area contributed by atoms with Gasteiger partial charge in [-0.2, -0.15) is 0 Å². The van der Waals surface area contributed by atoms with Gasteiger partial charge in [0.05, 0.1) is 5.56 Å². The van der Waals surface area contributed by atoms with Crippen LogP contribution >= 0.6 is 0 Å². The Hall–Kier alpha value is -1.31. The van der Waals surface area contributed by atoms with Crippen LogP contribution < -0.4 is 0 Å². The lowest BCUT2D eigenvalue weighted by Gasteiger charge is -2.36. The molecule has 2 heteroatoms. The highest BCUT2D eigenvalue weighted by atomic mass is 16.5. The first kappa shape index (κ1) is 17.1. The van der Waals surface area contributed by atoms with Crippen molar-refractivity contribution in [3.8, 4) is 0 Å². The third kappa shape index (κ3) is 3.91. The second-order valence-corrected chi connectivity index (χ2v) is 7.51. The molecule has 0 radical (unpaired) electrons. The SMILES string of the molecule is CC1CCC(C(C)C)C(OC(=O)c2ccccc2C(C)C)C1. The van der Waals surface area contributed by atoms with E-state index >= 15 is 0 Å². The molecule has 0 bridgehead atoms. The maximum absolute atomic E-state index is 12.7. The van der Waals surface area contributed by atoms with Gasteiger partial charge in [-0.05, 0) is 48.1 Å². The van der Waals surface area contributed by atoms with Crippen LogP contribution in [-0.2, 0) is 4.74 Å². The Morgan fingerprint density at radius 1 is 1.14 bits per heavy atom. The lowest BCUT2D eigenvalue weighted by molar-refractivity contribution is -0.0175. The molecule has 0 spiro atoms. The Morgan fingerprint density at radius 2 is 1.82 bits per heavy atom. The Bertz CT molecular complexity index is 504. The van der Waals surface area contributed by atoms with Crippen LogP contribution in [0.2, 0.25) is 0 Å². The fraction of sp³-hybridized carbons (Fsp3) is 0.650. The first-order valence-electron chi connectivity index (χ1n) is 8.70. The normalized spacial score (nSPS) is 25.5. The third-order valence-corrected chi connectivity index (χ3v) is 5.02. The van der Waals surface area contributed by atoms with Crippen LogP contribution in [0.25, 0.3) is 0 Å². The monoisotopic (exact) mass is 302 g/mol. The summed E-state index contributed by atoms with van der Waals surface area (Å²) in [7, 11) is 0. The van der Waals surface area contributed by atoms with Gasteiger partial charge in [0.1, 0.15) is 6.10 Å². The summed E-state index contributed by atoms with van der Waals surface area (Å²) in [6, 6.07) is 7.84. The Morgan fingerprint density at radius 3 is 2.45 bits per heavy atom. The maximum atomic E-state index is 12.7. The van der Waals surface area contributed by atoms with Crippen LogP contribution in [-0.4, -0.2) is 12.1 Å². The molecule has 0 N–H and O–H groups in total. The zero-order valence-electron chi connectivity index (χ0n) is 14.6. The van der Waals surface area contributed by atoms with E-state index in [2.05, 4.69) is 34.6 Å². The van der Waals surface area contributed by atoms with Crippen LogP contribution in [0.5, 0.6) is 0 Å². The summed E-state index contributed by atoms with van der Waals surface area (Å²) >= 11 is 0. The number of ether oxygens (including phenoxy) is 1. The van der Waals surface area contributed by atoms with Crippen LogP contribution in [0.4, 0.5) is 0 Å². The molecule has 1 aromatic rings. The topological polar surface area (TPSA) is 26.3 Å². The van der Waals surface area contributed by atoms with Crippen molar-refractivity contribution in [3.63, 3.8) is 0 Å². The van der Waals surface area contributed by atoms with E-state index in [-0.39, 0.29) is 12.1 Å². The van der Waals surface area contributed by atoms with E-state index in [9.17, 15) is 4.79 Å². The van der Waals surface area contributed by atoms with E-state index in [1.807, 2.05) is 24.3 Å². The number of hydrogen-bond acceptors (Lipinski definition) is 2. The van der Waals surface area contributed by atoms with Gasteiger partial charge in [-0.15, -0.1) is 0 Å². The van der Waals surface area contributed by atoms with Gasteiger partial charge in [0.2, 0.25) is 0 Å². The van der Waals surface area contributed by atoms with Crippen LogP contribution in [0, 0.1) is 17.8 Å². The summed E-state index contributed by atoms with van der Waals surface area (Å²) in [5.74, 6) is 1.88. The van der Waals surface area contributed by atoms with Gasteiger partial charge in [0.25, 0.3) is 0 Å². The standard InChI is InChI=1S/C20H30O2/c1-13(2)16-8-6-7-9-18(16)20(21)22-19-12-15(5)10-11-17(19)14(3)4/h6-9,13-15,17,19H,10-12H2,1-5H3. The molecule has 3 unspecified atom stereocenters. The van der Waals surface area contributed by atoms with Gasteiger partial charge in [0.15, 0.2) is 0 Å². The van der Waals surface area contributed by atoms with Crippen molar-refractivity contribution in [1.29, 1.82) is 0 Å². The molecule has 1 aliphatic rings. The summed E-state index contributed by atoms with van der Waals surface area (Å²) in [5, 5.41) is 0. The molecule has 1 aromatic carbocycles. The zero-order chi connectivity index (χ0) is 16.3. The molecule has 22 heavy (non-hydrogen) atoms. The molecular formula is C20H30O2. The predicted octanol–water partition coefficient (Wildman–Crippen LogP) is 5.43. The van der Waals surface area contributed by atoms with Crippen molar-refractivity contribution in [2.24, 2.45) is 17.8 Å². The number of carbonyl (C=O) groups is 1. The highest BCUT2D eigenvalue weighted by Gasteiger charge is 2.33. The highest BCUT2D eigenvalue weighted by molar-refractivity contribution is 5.91. The molecule has 2 nitrogen and oxygen atoms in total. The van der Waals surface area contributed by atoms with Crippen LogP contribution in [0.3, 0.4) is 0 Å². The Balaban J connectivity index is 2.16. The second-order valence-electron chi connectivity index (χ2n) is 7.51. The van der Waals surface area contributed by atoms with Crippen molar-refractivity contribution in [1.82, 2.24) is 0 Å². The number of esters is 1. The fourth-order valence-electron chi connectivity index (χ4n) is 3.64. The molecule has 0 aliphatic heterocycles. The molecule has 0 aromatic heterocycles.